The predicted octanol–water partition coefficient (Wildman–Crippen LogP) is 10.0. The maximum atomic E-state index is 12.9. The number of hydrogen-bond donors (Lipinski definition) is 0. The molecule has 0 saturated carbocycles. The first kappa shape index (κ1) is 39.3. The van der Waals surface area contributed by atoms with E-state index in [-0.39, 0.29) is 13.5 Å². The number of rotatable bonds is 21. The molecule has 270 valence electrons. The molecule has 4 aromatic rings. The third kappa shape index (κ3) is 10.8. The van der Waals surface area contributed by atoms with Crippen LogP contribution < -0.4 is 0 Å². The van der Waals surface area contributed by atoms with Gasteiger partial charge in [-0.25, -0.2) is 9.97 Å². The number of unbranched alkanes of at least 4 members (excludes halogenated alkanes) is 2. The molecule has 50 heavy (non-hydrogen) atoms. The molecular weight excluding hydrogens is 657 g/mol. The maximum Gasteiger partial charge on any atom is 0.179 e. The second-order valence-corrected chi connectivity index (χ2v) is 27.0. The molecule has 0 radical (unpaired) electrons. The van der Waals surface area contributed by atoms with Crippen molar-refractivity contribution in [3.05, 3.63) is 71.0 Å². The third-order valence-corrected chi connectivity index (χ3v) is 12.4. The molecule has 0 fully saturated rings. The van der Waals surface area contributed by atoms with E-state index in [1.54, 1.807) is 0 Å². The van der Waals surface area contributed by atoms with Crippen molar-refractivity contribution >= 4 is 28.7 Å². The standard InChI is InChI=1S/C40H58N4O4Si2/c1-9-11-13-31-15-19-33(20-16-31)37-35(27-45)43(29-47-23-25-49(3,4)5)39(41-37)40-42-38(34-21-17-32(18-22-34)14-12-10-2)36(28-46)44(40)30-48-24-26-50(6,7)8/h15-22,27-28H,9-14,23-26,29-30H2,1-8H3. The van der Waals surface area contributed by atoms with Crippen molar-refractivity contribution in [2.24, 2.45) is 0 Å². The normalized spacial score (nSPS) is 12.1. The number of aromatic nitrogens is 4. The first-order valence-corrected chi connectivity index (χ1v) is 25.8. The van der Waals surface area contributed by atoms with E-state index in [2.05, 4.69) is 77.4 Å². The molecule has 0 aliphatic rings. The Balaban J connectivity index is 1.86. The lowest BCUT2D eigenvalue weighted by Crippen LogP contribution is -2.22. The molecule has 0 atom stereocenters. The van der Waals surface area contributed by atoms with Crippen LogP contribution in [0.2, 0.25) is 51.4 Å². The second-order valence-electron chi connectivity index (χ2n) is 15.7. The van der Waals surface area contributed by atoms with E-state index < -0.39 is 16.1 Å². The van der Waals surface area contributed by atoms with Crippen LogP contribution in [0.4, 0.5) is 0 Å². The van der Waals surface area contributed by atoms with E-state index in [4.69, 9.17) is 19.4 Å². The highest BCUT2D eigenvalue weighted by Crippen LogP contribution is 2.33. The van der Waals surface area contributed by atoms with Gasteiger partial charge in [0.05, 0.1) is 11.4 Å². The summed E-state index contributed by atoms with van der Waals surface area (Å²) in [5, 5.41) is 0. The van der Waals surface area contributed by atoms with Gasteiger partial charge in [-0.3, -0.25) is 18.7 Å². The van der Waals surface area contributed by atoms with Crippen LogP contribution in [-0.4, -0.2) is 61.0 Å². The van der Waals surface area contributed by atoms with Crippen molar-refractivity contribution < 1.29 is 19.1 Å². The molecular formula is C40H58N4O4Si2. The Morgan fingerprint density at radius 1 is 0.600 bits per heavy atom. The van der Waals surface area contributed by atoms with Gasteiger partial charge in [-0.1, -0.05) is 115 Å². The zero-order valence-electron chi connectivity index (χ0n) is 31.7. The molecule has 8 nitrogen and oxygen atoms in total. The first-order chi connectivity index (χ1) is 23.9. The molecule has 0 bridgehead atoms. The minimum atomic E-state index is -1.35. The number of carbonyl (C=O) groups excluding carboxylic acids is 2. The zero-order valence-corrected chi connectivity index (χ0v) is 33.7. The molecule has 10 heteroatoms. The van der Waals surface area contributed by atoms with E-state index >= 15 is 0 Å². The highest BCUT2D eigenvalue weighted by Gasteiger charge is 2.27. The molecule has 2 heterocycles. The first-order valence-electron chi connectivity index (χ1n) is 18.3. The number of benzene rings is 2. The largest absolute Gasteiger partial charge is 0.361 e. The van der Waals surface area contributed by atoms with E-state index in [1.165, 1.54) is 11.1 Å². The molecule has 0 spiro atoms. The van der Waals surface area contributed by atoms with Gasteiger partial charge in [-0.15, -0.1) is 0 Å². The molecule has 0 aliphatic carbocycles. The van der Waals surface area contributed by atoms with Gasteiger partial charge < -0.3 is 9.47 Å². The third-order valence-electron chi connectivity index (χ3n) is 8.96. The van der Waals surface area contributed by atoms with E-state index in [9.17, 15) is 9.59 Å². The molecule has 0 amide bonds. The molecule has 2 aromatic heterocycles. The Bertz CT molecular complexity index is 1550. The van der Waals surface area contributed by atoms with Crippen molar-refractivity contribution in [1.29, 1.82) is 0 Å². The molecule has 0 unspecified atom stereocenters. The van der Waals surface area contributed by atoms with Crippen LogP contribution in [0.25, 0.3) is 34.2 Å². The Morgan fingerprint density at radius 3 is 1.26 bits per heavy atom. The van der Waals surface area contributed by atoms with Gasteiger partial charge in [-0.05, 0) is 48.9 Å². The Hall–Kier alpha value is -3.45. The van der Waals surface area contributed by atoms with Crippen molar-refractivity contribution in [3.63, 3.8) is 0 Å². The van der Waals surface area contributed by atoms with Crippen molar-refractivity contribution in [2.45, 2.75) is 117 Å². The fraction of sp³-hybridized carbons (Fsp3) is 0.500. The summed E-state index contributed by atoms with van der Waals surface area (Å²) in [5.74, 6) is 0.931. The van der Waals surface area contributed by atoms with Crippen molar-refractivity contribution in [3.8, 4) is 34.2 Å². The summed E-state index contributed by atoms with van der Waals surface area (Å²) >= 11 is 0. The Labute approximate surface area is 301 Å². The Morgan fingerprint density at radius 2 is 0.960 bits per heavy atom. The molecule has 0 N–H and O–H groups in total. The van der Waals surface area contributed by atoms with Crippen LogP contribution in [0, 0.1) is 0 Å². The van der Waals surface area contributed by atoms with Crippen LogP contribution in [-0.2, 0) is 35.8 Å². The summed E-state index contributed by atoms with van der Waals surface area (Å²) < 4.78 is 16.1. The van der Waals surface area contributed by atoms with Gasteiger partial charge in [0.15, 0.2) is 24.2 Å². The van der Waals surface area contributed by atoms with E-state index in [0.29, 0.717) is 47.6 Å². The second kappa shape index (κ2) is 18.2. The fourth-order valence-electron chi connectivity index (χ4n) is 5.69. The van der Waals surface area contributed by atoms with Gasteiger partial charge >= 0.3 is 0 Å². The molecule has 2 aromatic carbocycles. The lowest BCUT2D eigenvalue weighted by molar-refractivity contribution is 0.0811. The molecule has 0 aliphatic heterocycles. The summed E-state index contributed by atoms with van der Waals surface area (Å²) in [5.41, 5.74) is 6.16. The average Bonchev–Trinajstić information content (AvgIpc) is 3.64. The number of imidazole rings is 2. The van der Waals surface area contributed by atoms with E-state index in [0.717, 1.165) is 74.3 Å². The average molecular weight is 715 g/mol. The summed E-state index contributed by atoms with van der Waals surface area (Å²) in [4.78, 5) is 36.0. The quantitative estimate of drug-likeness (QED) is 0.0485. The minimum Gasteiger partial charge on any atom is -0.361 e. The highest BCUT2D eigenvalue weighted by atomic mass is 28.3. The lowest BCUT2D eigenvalue weighted by atomic mass is 10.0. The topological polar surface area (TPSA) is 88.2 Å². The van der Waals surface area contributed by atoms with Gasteiger partial charge in [0, 0.05) is 40.5 Å². The number of hydrogen-bond acceptors (Lipinski definition) is 6. The van der Waals surface area contributed by atoms with Gasteiger partial charge in [0.1, 0.15) is 24.8 Å². The minimum absolute atomic E-state index is 0.136. The van der Waals surface area contributed by atoms with Crippen LogP contribution in [0.5, 0.6) is 0 Å². The number of aryl methyl sites for hydroxylation is 2. The SMILES string of the molecule is CCCCc1ccc(-c2nc(-c3nc(-c4ccc(CCCC)cc4)c(C=O)n3COCC[Si](C)(C)C)n(COCC[Si](C)(C)C)c2C=O)cc1. The number of carbonyl (C=O) groups is 2. The zero-order chi connectivity index (χ0) is 36.3. The predicted molar refractivity (Wildman–Crippen MR) is 211 cm³/mol. The van der Waals surface area contributed by atoms with Crippen molar-refractivity contribution in [2.75, 3.05) is 13.2 Å². The summed E-state index contributed by atoms with van der Waals surface area (Å²) in [6.07, 6.45) is 8.23. The monoisotopic (exact) mass is 714 g/mol. The summed E-state index contributed by atoms with van der Waals surface area (Å²) in [6.45, 7) is 19.7. The molecule has 4 rings (SSSR count). The van der Waals surface area contributed by atoms with Gasteiger partial charge in [-0.2, -0.15) is 0 Å². The maximum absolute atomic E-state index is 12.9. The van der Waals surface area contributed by atoms with Crippen molar-refractivity contribution in [1.82, 2.24) is 19.1 Å². The number of nitrogens with zero attached hydrogens (tertiary/aromatic N) is 4. The molecule has 0 saturated heterocycles. The summed E-state index contributed by atoms with van der Waals surface area (Å²) in [6, 6.07) is 18.6. The van der Waals surface area contributed by atoms with Crippen LogP contribution in [0.3, 0.4) is 0 Å². The number of aldehydes is 2. The van der Waals surface area contributed by atoms with Crippen LogP contribution in [0.1, 0.15) is 71.6 Å². The van der Waals surface area contributed by atoms with Crippen LogP contribution in [0.15, 0.2) is 48.5 Å². The Kier molecular flexibility index (Phi) is 14.3. The smallest absolute Gasteiger partial charge is 0.179 e. The van der Waals surface area contributed by atoms with Crippen LogP contribution >= 0.6 is 0 Å². The lowest BCUT2D eigenvalue weighted by Gasteiger charge is -2.17. The van der Waals surface area contributed by atoms with Gasteiger partial charge in [0.25, 0.3) is 0 Å². The van der Waals surface area contributed by atoms with Gasteiger partial charge in [0.2, 0.25) is 0 Å². The van der Waals surface area contributed by atoms with E-state index in [1.807, 2.05) is 33.4 Å². The summed E-state index contributed by atoms with van der Waals surface area (Å²) in [7, 11) is -2.69. The highest BCUT2D eigenvalue weighted by molar-refractivity contribution is 6.76. The number of ether oxygens (including phenoxy) is 2. The fourth-order valence-corrected chi connectivity index (χ4v) is 7.20.